The minimum absolute atomic E-state index is 0.261. The molecule has 1 aliphatic heterocycles. The van der Waals surface area contributed by atoms with E-state index in [0.717, 1.165) is 19.2 Å². The molecule has 1 saturated heterocycles. The molecule has 3 rings (SSSR count). The Morgan fingerprint density at radius 1 is 1.24 bits per heavy atom. The zero-order valence-corrected chi connectivity index (χ0v) is 11.4. The number of hydrogen-bond donors (Lipinski definition) is 1. The summed E-state index contributed by atoms with van der Waals surface area (Å²) in [5.74, 6) is 0.620. The molecule has 3 heteroatoms. The summed E-state index contributed by atoms with van der Waals surface area (Å²) in [6, 6.07) is 9.20. The van der Waals surface area contributed by atoms with E-state index in [4.69, 9.17) is 4.74 Å². The predicted molar refractivity (Wildman–Crippen MR) is 72.0 cm³/mol. The van der Waals surface area contributed by atoms with Gasteiger partial charge in [-0.3, -0.25) is 0 Å². The molecule has 0 amide bonds. The Kier molecular flexibility index (Phi) is 3.50. The molecule has 1 N–H and O–H groups in total. The number of rotatable bonds is 4. The van der Waals surface area contributed by atoms with Gasteiger partial charge in [0.25, 0.3) is 0 Å². The minimum Gasteiger partial charge on any atom is -0.373 e. The zero-order valence-electron chi connectivity index (χ0n) is 9.86. The van der Waals surface area contributed by atoms with Crippen LogP contribution in [0.2, 0.25) is 0 Å². The third-order valence-corrected chi connectivity index (χ3v) is 4.39. The van der Waals surface area contributed by atoms with Gasteiger partial charge in [-0.15, -0.1) is 0 Å². The summed E-state index contributed by atoms with van der Waals surface area (Å²) in [7, 11) is 0. The highest BCUT2D eigenvalue weighted by atomic mass is 79.9. The van der Waals surface area contributed by atoms with Gasteiger partial charge in [-0.05, 0) is 30.9 Å². The van der Waals surface area contributed by atoms with Crippen molar-refractivity contribution in [2.45, 2.75) is 31.4 Å². The first-order valence-electron chi connectivity index (χ1n) is 6.44. The van der Waals surface area contributed by atoms with Crippen molar-refractivity contribution in [2.24, 2.45) is 5.92 Å². The van der Waals surface area contributed by atoms with Crippen molar-refractivity contribution in [3.8, 4) is 0 Å². The van der Waals surface area contributed by atoms with Gasteiger partial charge in [0.1, 0.15) is 0 Å². The number of nitrogens with one attached hydrogen (secondary N) is 1. The Morgan fingerprint density at radius 3 is 2.82 bits per heavy atom. The van der Waals surface area contributed by atoms with Gasteiger partial charge in [0.05, 0.1) is 6.10 Å². The highest BCUT2D eigenvalue weighted by Gasteiger charge is 2.32. The maximum Gasteiger partial charge on any atom is 0.0876 e. The highest BCUT2D eigenvalue weighted by molar-refractivity contribution is 9.10. The van der Waals surface area contributed by atoms with Crippen LogP contribution in [0.1, 0.15) is 30.9 Å². The van der Waals surface area contributed by atoms with Crippen LogP contribution in [0.3, 0.4) is 0 Å². The molecular weight excluding hydrogens is 278 g/mol. The molecule has 17 heavy (non-hydrogen) atoms. The SMILES string of the molecule is Brc1ccccc1C1OCCC1CNC1CC1. The third kappa shape index (κ3) is 2.72. The molecule has 0 aromatic heterocycles. The zero-order chi connectivity index (χ0) is 11.7. The molecule has 0 radical (unpaired) electrons. The van der Waals surface area contributed by atoms with Gasteiger partial charge in [0.2, 0.25) is 0 Å². The average molecular weight is 296 g/mol. The largest absolute Gasteiger partial charge is 0.373 e. The van der Waals surface area contributed by atoms with Gasteiger partial charge in [0, 0.05) is 29.6 Å². The van der Waals surface area contributed by atoms with Gasteiger partial charge in [0.15, 0.2) is 0 Å². The summed E-state index contributed by atoms with van der Waals surface area (Å²) in [6.45, 7) is 1.99. The number of ether oxygens (including phenoxy) is 1. The van der Waals surface area contributed by atoms with Crippen LogP contribution in [-0.4, -0.2) is 19.2 Å². The van der Waals surface area contributed by atoms with Crippen LogP contribution in [0, 0.1) is 5.92 Å². The fraction of sp³-hybridized carbons (Fsp3) is 0.571. The summed E-state index contributed by atoms with van der Waals surface area (Å²) in [4.78, 5) is 0. The predicted octanol–water partition coefficient (Wildman–Crippen LogP) is 3.28. The Labute approximate surface area is 111 Å². The van der Waals surface area contributed by atoms with Crippen LogP contribution >= 0.6 is 15.9 Å². The van der Waals surface area contributed by atoms with Crippen molar-refractivity contribution in [2.75, 3.05) is 13.2 Å². The molecular formula is C14H18BrNO. The number of benzene rings is 1. The molecule has 0 spiro atoms. The molecule has 2 nitrogen and oxygen atoms in total. The van der Waals surface area contributed by atoms with E-state index >= 15 is 0 Å². The molecule has 2 atom stereocenters. The maximum atomic E-state index is 5.92. The van der Waals surface area contributed by atoms with Crippen LogP contribution in [0.5, 0.6) is 0 Å². The van der Waals surface area contributed by atoms with Crippen molar-refractivity contribution < 1.29 is 4.74 Å². The van der Waals surface area contributed by atoms with Gasteiger partial charge in [-0.2, -0.15) is 0 Å². The summed E-state index contributed by atoms with van der Waals surface area (Å²) >= 11 is 3.63. The van der Waals surface area contributed by atoms with E-state index in [1.807, 2.05) is 0 Å². The van der Waals surface area contributed by atoms with E-state index in [-0.39, 0.29) is 6.10 Å². The van der Waals surface area contributed by atoms with Gasteiger partial charge >= 0.3 is 0 Å². The number of hydrogen-bond acceptors (Lipinski definition) is 2. The van der Waals surface area contributed by atoms with E-state index in [0.29, 0.717) is 5.92 Å². The number of halogens is 1. The molecule has 1 heterocycles. The Hall–Kier alpha value is -0.380. The lowest BCUT2D eigenvalue weighted by molar-refractivity contribution is 0.0899. The van der Waals surface area contributed by atoms with E-state index in [9.17, 15) is 0 Å². The fourth-order valence-corrected chi connectivity index (χ4v) is 3.01. The summed E-state index contributed by atoms with van der Waals surface area (Å²) in [5, 5.41) is 3.62. The second kappa shape index (κ2) is 5.09. The molecule has 1 aromatic carbocycles. The first-order valence-corrected chi connectivity index (χ1v) is 7.23. The summed E-state index contributed by atoms with van der Waals surface area (Å²) in [5.41, 5.74) is 1.30. The molecule has 0 bridgehead atoms. The molecule has 1 aromatic rings. The van der Waals surface area contributed by atoms with Crippen molar-refractivity contribution >= 4 is 15.9 Å². The lowest BCUT2D eigenvalue weighted by Gasteiger charge is -2.20. The molecule has 2 unspecified atom stereocenters. The van der Waals surface area contributed by atoms with E-state index in [1.165, 1.54) is 29.3 Å². The standard InChI is InChI=1S/C14H18BrNO/c15-13-4-2-1-3-12(13)14-10(7-8-17-14)9-16-11-5-6-11/h1-4,10-11,14,16H,5-9H2. The van der Waals surface area contributed by atoms with Gasteiger partial charge < -0.3 is 10.1 Å². The Morgan fingerprint density at radius 2 is 2.06 bits per heavy atom. The minimum atomic E-state index is 0.261. The monoisotopic (exact) mass is 295 g/mol. The van der Waals surface area contributed by atoms with Crippen LogP contribution < -0.4 is 5.32 Å². The van der Waals surface area contributed by atoms with Crippen molar-refractivity contribution in [1.29, 1.82) is 0 Å². The maximum absolute atomic E-state index is 5.92. The molecule has 1 aliphatic carbocycles. The Bertz CT molecular complexity index is 392. The molecule has 1 saturated carbocycles. The van der Waals surface area contributed by atoms with Crippen LogP contribution in [0.25, 0.3) is 0 Å². The van der Waals surface area contributed by atoms with E-state index in [1.54, 1.807) is 0 Å². The topological polar surface area (TPSA) is 21.3 Å². The van der Waals surface area contributed by atoms with Crippen LogP contribution in [0.4, 0.5) is 0 Å². The van der Waals surface area contributed by atoms with Gasteiger partial charge in [-0.25, -0.2) is 0 Å². The first kappa shape index (κ1) is 11.7. The quantitative estimate of drug-likeness (QED) is 0.920. The lowest BCUT2D eigenvalue weighted by Crippen LogP contribution is -2.26. The molecule has 2 aliphatic rings. The molecule has 92 valence electrons. The average Bonchev–Trinajstić information content (AvgIpc) is 3.06. The lowest BCUT2D eigenvalue weighted by atomic mass is 9.95. The van der Waals surface area contributed by atoms with Gasteiger partial charge in [-0.1, -0.05) is 34.1 Å². The van der Waals surface area contributed by atoms with E-state index < -0.39 is 0 Å². The Balaban J connectivity index is 1.69. The van der Waals surface area contributed by atoms with Crippen molar-refractivity contribution in [3.05, 3.63) is 34.3 Å². The second-order valence-electron chi connectivity index (χ2n) is 5.04. The third-order valence-electron chi connectivity index (χ3n) is 3.67. The second-order valence-corrected chi connectivity index (χ2v) is 5.90. The summed E-state index contributed by atoms with van der Waals surface area (Å²) < 4.78 is 7.08. The van der Waals surface area contributed by atoms with Crippen LogP contribution in [-0.2, 0) is 4.74 Å². The smallest absolute Gasteiger partial charge is 0.0876 e. The first-order chi connectivity index (χ1) is 8.34. The van der Waals surface area contributed by atoms with Crippen molar-refractivity contribution in [3.63, 3.8) is 0 Å². The van der Waals surface area contributed by atoms with E-state index in [2.05, 4.69) is 45.5 Å². The highest BCUT2D eigenvalue weighted by Crippen LogP contribution is 2.37. The normalized spacial score (nSPS) is 28.5. The van der Waals surface area contributed by atoms with Crippen molar-refractivity contribution in [1.82, 2.24) is 5.32 Å². The fourth-order valence-electron chi connectivity index (χ4n) is 2.50. The summed E-state index contributed by atoms with van der Waals surface area (Å²) in [6.07, 6.45) is 4.14. The van der Waals surface area contributed by atoms with Crippen LogP contribution in [0.15, 0.2) is 28.7 Å². The molecule has 2 fully saturated rings.